The molecule has 3 nitrogen and oxygen atoms in total. The molecular formula is C20H26N2O. The molecule has 0 aliphatic heterocycles. The first-order chi connectivity index (χ1) is 11.1. The predicted octanol–water partition coefficient (Wildman–Crippen LogP) is 4.12. The van der Waals surface area contributed by atoms with Gasteiger partial charge in [0.1, 0.15) is 0 Å². The molecule has 0 bridgehead atoms. The van der Waals surface area contributed by atoms with Crippen molar-refractivity contribution in [3.63, 3.8) is 0 Å². The highest BCUT2D eigenvalue weighted by atomic mass is 16.1. The van der Waals surface area contributed by atoms with Crippen molar-refractivity contribution in [2.24, 2.45) is 0 Å². The van der Waals surface area contributed by atoms with E-state index in [1.54, 1.807) is 0 Å². The van der Waals surface area contributed by atoms with Crippen molar-refractivity contribution < 1.29 is 4.79 Å². The van der Waals surface area contributed by atoms with Crippen molar-refractivity contribution >= 4 is 5.78 Å². The van der Waals surface area contributed by atoms with Gasteiger partial charge in [0.2, 0.25) is 0 Å². The first kappa shape index (κ1) is 16.0. The molecule has 0 amide bonds. The van der Waals surface area contributed by atoms with Crippen LogP contribution in [0.2, 0.25) is 0 Å². The van der Waals surface area contributed by atoms with E-state index in [0.717, 1.165) is 22.6 Å². The summed E-state index contributed by atoms with van der Waals surface area (Å²) >= 11 is 0. The Morgan fingerprint density at radius 1 is 1.13 bits per heavy atom. The maximum Gasteiger partial charge on any atom is 0.178 e. The van der Waals surface area contributed by atoms with E-state index >= 15 is 0 Å². The maximum absolute atomic E-state index is 12.6. The van der Waals surface area contributed by atoms with Crippen LogP contribution in [0.1, 0.15) is 53.0 Å². The monoisotopic (exact) mass is 310 g/mol. The topological polar surface area (TPSA) is 34.0 Å². The van der Waals surface area contributed by atoms with Crippen LogP contribution in [0.15, 0.2) is 30.3 Å². The molecule has 3 rings (SSSR count). The van der Waals surface area contributed by atoms with E-state index in [0.29, 0.717) is 12.6 Å². The number of carbonyl (C=O) groups is 1. The SMILES string of the molecule is Cc1ccc(-n2c(C)cc(C(=O)CNC3CCCC3)c2C)cc1. The lowest BCUT2D eigenvalue weighted by molar-refractivity contribution is 0.0987. The lowest BCUT2D eigenvalue weighted by Gasteiger charge is -2.12. The highest BCUT2D eigenvalue weighted by Gasteiger charge is 2.19. The number of Topliss-reactive ketones (excluding diaryl/α,β-unsaturated/α-hetero) is 1. The molecule has 1 aliphatic carbocycles. The van der Waals surface area contributed by atoms with Gasteiger partial charge in [0.25, 0.3) is 0 Å². The van der Waals surface area contributed by atoms with Gasteiger partial charge in [0.05, 0.1) is 6.54 Å². The minimum atomic E-state index is 0.198. The van der Waals surface area contributed by atoms with Gasteiger partial charge < -0.3 is 9.88 Å². The zero-order valence-corrected chi connectivity index (χ0v) is 14.4. The normalized spacial score (nSPS) is 15.3. The van der Waals surface area contributed by atoms with Gasteiger partial charge in [0.15, 0.2) is 5.78 Å². The van der Waals surface area contributed by atoms with Gasteiger partial charge in [-0.2, -0.15) is 0 Å². The molecular weight excluding hydrogens is 284 g/mol. The number of carbonyl (C=O) groups excluding carboxylic acids is 1. The number of nitrogens with zero attached hydrogens (tertiary/aromatic N) is 1. The second kappa shape index (κ2) is 6.71. The van der Waals surface area contributed by atoms with E-state index in [2.05, 4.69) is 48.0 Å². The number of ketones is 1. The summed E-state index contributed by atoms with van der Waals surface area (Å²) in [5, 5.41) is 3.42. The van der Waals surface area contributed by atoms with Crippen molar-refractivity contribution in [1.29, 1.82) is 0 Å². The summed E-state index contributed by atoms with van der Waals surface area (Å²) in [4.78, 5) is 12.6. The Bertz CT molecular complexity index is 691. The summed E-state index contributed by atoms with van der Waals surface area (Å²) in [5.41, 5.74) is 5.34. The van der Waals surface area contributed by atoms with E-state index in [-0.39, 0.29) is 5.78 Å². The van der Waals surface area contributed by atoms with E-state index in [9.17, 15) is 4.79 Å². The highest BCUT2D eigenvalue weighted by Crippen LogP contribution is 2.22. The first-order valence-corrected chi connectivity index (χ1v) is 8.59. The molecule has 0 unspecified atom stereocenters. The van der Waals surface area contributed by atoms with Crippen LogP contribution in [-0.4, -0.2) is 22.9 Å². The Morgan fingerprint density at radius 3 is 2.43 bits per heavy atom. The molecule has 1 fully saturated rings. The van der Waals surface area contributed by atoms with Crippen LogP contribution < -0.4 is 5.32 Å². The molecule has 2 aromatic rings. The van der Waals surface area contributed by atoms with E-state index in [1.807, 2.05) is 13.0 Å². The number of aromatic nitrogens is 1. The minimum Gasteiger partial charge on any atom is -0.318 e. The highest BCUT2D eigenvalue weighted by molar-refractivity contribution is 5.99. The summed E-state index contributed by atoms with van der Waals surface area (Å²) < 4.78 is 2.17. The number of rotatable bonds is 5. The molecule has 1 aliphatic rings. The Labute approximate surface area is 138 Å². The van der Waals surface area contributed by atoms with Crippen LogP contribution >= 0.6 is 0 Å². The third-order valence-corrected chi connectivity index (χ3v) is 4.93. The van der Waals surface area contributed by atoms with E-state index in [1.165, 1.54) is 31.2 Å². The van der Waals surface area contributed by atoms with Crippen LogP contribution in [0, 0.1) is 20.8 Å². The molecule has 1 heterocycles. The van der Waals surface area contributed by atoms with Gasteiger partial charge >= 0.3 is 0 Å². The lowest BCUT2D eigenvalue weighted by Crippen LogP contribution is -2.31. The molecule has 0 atom stereocenters. The average Bonchev–Trinajstić information content (AvgIpc) is 3.14. The zero-order chi connectivity index (χ0) is 16.4. The number of nitrogens with one attached hydrogen (secondary N) is 1. The smallest absolute Gasteiger partial charge is 0.178 e. The van der Waals surface area contributed by atoms with Gasteiger partial charge in [-0.25, -0.2) is 0 Å². The third kappa shape index (κ3) is 3.40. The number of aryl methyl sites for hydroxylation is 2. The standard InChI is InChI=1S/C20H26N2O/c1-14-8-10-18(11-9-14)22-15(2)12-19(16(22)3)20(23)13-21-17-6-4-5-7-17/h8-12,17,21H,4-7,13H2,1-3H3. The van der Waals surface area contributed by atoms with Crippen LogP contribution in [0.3, 0.4) is 0 Å². The molecule has 0 radical (unpaired) electrons. The number of hydrogen-bond donors (Lipinski definition) is 1. The fourth-order valence-corrected chi connectivity index (χ4v) is 3.60. The molecule has 1 aromatic heterocycles. The number of hydrogen-bond acceptors (Lipinski definition) is 2. The Morgan fingerprint density at radius 2 is 1.78 bits per heavy atom. The van der Waals surface area contributed by atoms with Crippen LogP contribution in [0.25, 0.3) is 5.69 Å². The molecule has 1 saturated carbocycles. The van der Waals surface area contributed by atoms with E-state index < -0.39 is 0 Å². The quantitative estimate of drug-likeness (QED) is 0.843. The molecule has 1 N–H and O–H groups in total. The molecule has 1 aromatic carbocycles. The molecule has 23 heavy (non-hydrogen) atoms. The Balaban J connectivity index is 1.79. The lowest BCUT2D eigenvalue weighted by atomic mass is 10.1. The fraction of sp³-hybridized carbons (Fsp3) is 0.450. The fourth-order valence-electron chi connectivity index (χ4n) is 3.60. The Kier molecular flexibility index (Phi) is 4.67. The van der Waals surface area contributed by atoms with Gasteiger partial charge in [-0.1, -0.05) is 30.5 Å². The maximum atomic E-state index is 12.6. The Hall–Kier alpha value is -1.87. The third-order valence-electron chi connectivity index (χ3n) is 4.93. The van der Waals surface area contributed by atoms with Crippen LogP contribution in [0.5, 0.6) is 0 Å². The summed E-state index contributed by atoms with van der Waals surface area (Å²) in [6, 6.07) is 11.0. The minimum absolute atomic E-state index is 0.198. The summed E-state index contributed by atoms with van der Waals surface area (Å²) in [6.45, 7) is 6.63. The summed E-state index contributed by atoms with van der Waals surface area (Å²) in [7, 11) is 0. The van der Waals surface area contributed by atoms with Crippen molar-refractivity contribution in [2.75, 3.05) is 6.54 Å². The van der Waals surface area contributed by atoms with Crippen LogP contribution in [-0.2, 0) is 0 Å². The van der Waals surface area contributed by atoms with Gasteiger partial charge in [-0.15, -0.1) is 0 Å². The zero-order valence-electron chi connectivity index (χ0n) is 14.4. The average molecular weight is 310 g/mol. The van der Waals surface area contributed by atoms with Gasteiger partial charge in [-0.3, -0.25) is 4.79 Å². The first-order valence-electron chi connectivity index (χ1n) is 8.59. The van der Waals surface area contributed by atoms with Crippen molar-refractivity contribution in [2.45, 2.75) is 52.5 Å². The molecule has 3 heteroatoms. The van der Waals surface area contributed by atoms with Crippen molar-refractivity contribution in [3.8, 4) is 5.69 Å². The predicted molar refractivity (Wildman–Crippen MR) is 94.6 cm³/mol. The van der Waals surface area contributed by atoms with Gasteiger partial charge in [-0.05, 0) is 51.8 Å². The number of benzene rings is 1. The van der Waals surface area contributed by atoms with Crippen molar-refractivity contribution in [1.82, 2.24) is 9.88 Å². The molecule has 122 valence electrons. The molecule has 0 saturated heterocycles. The molecule has 0 spiro atoms. The largest absolute Gasteiger partial charge is 0.318 e. The second-order valence-corrected chi connectivity index (χ2v) is 6.74. The summed E-state index contributed by atoms with van der Waals surface area (Å²) in [5.74, 6) is 0.198. The van der Waals surface area contributed by atoms with Crippen LogP contribution in [0.4, 0.5) is 0 Å². The summed E-state index contributed by atoms with van der Waals surface area (Å²) in [6.07, 6.45) is 4.98. The van der Waals surface area contributed by atoms with Gasteiger partial charge in [0, 0.05) is 28.7 Å². The van der Waals surface area contributed by atoms with Crippen molar-refractivity contribution in [3.05, 3.63) is 52.8 Å². The second-order valence-electron chi connectivity index (χ2n) is 6.74. The van der Waals surface area contributed by atoms with E-state index in [4.69, 9.17) is 0 Å².